The fraction of sp³-hybridized carbons (Fsp3) is 0.200. The van der Waals surface area contributed by atoms with E-state index in [-0.39, 0.29) is 24.0 Å². The van der Waals surface area contributed by atoms with Gasteiger partial charge >= 0.3 is 0 Å². The van der Waals surface area contributed by atoms with E-state index in [2.05, 4.69) is 10.9 Å². The van der Waals surface area contributed by atoms with Gasteiger partial charge < -0.3 is 4.42 Å². The van der Waals surface area contributed by atoms with Crippen LogP contribution in [0.25, 0.3) is 11.0 Å². The number of benzene rings is 2. The average molecular weight is 368 g/mol. The Morgan fingerprint density at radius 2 is 1.65 bits per heavy atom. The van der Waals surface area contributed by atoms with Crippen molar-refractivity contribution in [2.75, 3.05) is 5.75 Å². The number of aryl methyl sites for hydroxylation is 2. The van der Waals surface area contributed by atoms with E-state index >= 15 is 0 Å². The fourth-order valence-corrected chi connectivity index (χ4v) is 3.20. The highest BCUT2D eigenvalue weighted by Gasteiger charge is 2.11. The summed E-state index contributed by atoms with van der Waals surface area (Å²) in [7, 11) is 0. The first-order valence-corrected chi connectivity index (χ1v) is 9.24. The van der Waals surface area contributed by atoms with E-state index in [4.69, 9.17) is 4.42 Å². The molecule has 0 atom stereocenters. The zero-order valence-corrected chi connectivity index (χ0v) is 15.5. The molecule has 2 N–H and O–H groups in total. The van der Waals surface area contributed by atoms with Crippen molar-refractivity contribution in [1.29, 1.82) is 0 Å². The summed E-state index contributed by atoms with van der Waals surface area (Å²) in [5.41, 5.74) is 8.71. The molecule has 0 aliphatic rings. The molecule has 0 aliphatic carbocycles. The maximum Gasteiger partial charge on any atom is 0.248 e. The Balaban J connectivity index is 1.47. The highest BCUT2D eigenvalue weighted by Crippen LogP contribution is 2.22. The monoisotopic (exact) mass is 368 g/mol. The topological polar surface area (TPSA) is 71.3 Å². The Hall–Kier alpha value is -2.73. The molecule has 1 aromatic heterocycles. The lowest BCUT2D eigenvalue weighted by atomic mass is 10.1. The van der Waals surface area contributed by atoms with Gasteiger partial charge in [0.1, 0.15) is 5.58 Å². The molecule has 26 heavy (non-hydrogen) atoms. The average Bonchev–Trinajstić information content (AvgIpc) is 3.01. The number of carbonyl (C=O) groups is 2. The lowest BCUT2D eigenvalue weighted by molar-refractivity contribution is -0.127. The molecule has 0 fully saturated rings. The first kappa shape index (κ1) is 18.1. The van der Waals surface area contributed by atoms with E-state index in [1.54, 1.807) is 6.26 Å². The van der Waals surface area contributed by atoms with Crippen LogP contribution in [0, 0.1) is 13.8 Å². The highest BCUT2D eigenvalue weighted by atomic mass is 32.2. The molecule has 0 saturated carbocycles. The van der Waals surface area contributed by atoms with Crippen LogP contribution in [0.4, 0.5) is 0 Å². The Morgan fingerprint density at radius 3 is 2.42 bits per heavy atom. The Morgan fingerprint density at radius 1 is 0.962 bits per heavy atom. The second kappa shape index (κ2) is 8.10. The third-order valence-corrected chi connectivity index (χ3v) is 4.91. The fourth-order valence-electron chi connectivity index (χ4n) is 2.50. The summed E-state index contributed by atoms with van der Waals surface area (Å²) < 4.78 is 5.48. The number of thioether (sulfide) groups is 1. The van der Waals surface area contributed by atoms with Gasteiger partial charge in [0.2, 0.25) is 11.8 Å². The number of nitrogens with one attached hydrogen (secondary N) is 2. The van der Waals surface area contributed by atoms with Crippen molar-refractivity contribution in [3.05, 3.63) is 65.4 Å². The summed E-state index contributed by atoms with van der Waals surface area (Å²) in [5, 5.41) is 0.909. The van der Waals surface area contributed by atoms with Crippen LogP contribution in [0.1, 0.15) is 16.7 Å². The Bertz CT molecular complexity index is 932. The van der Waals surface area contributed by atoms with E-state index < -0.39 is 0 Å². The smallest absolute Gasteiger partial charge is 0.248 e. The number of furan rings is 1. The summed E-state index contributed by atoms with van der Waals surface area (Å²) in [5.74, 6) is -0.310. The van der Waals surface area contributed by atoms with Gasteiger partial charge in [-0.25, -0.2) is 0 Å². The van der Waals surface area contributed by atoms with Gasteiger partial charge in [-0.2, -0.15) is 0 Å². The van der Waals surface area contributed by atoms with Crippen molar-refractivity contribution in [2.45, 2.75) is 25.2 Å². The lowest BCUT2D eigenvalue weighted by Crippen LogP contribution is -2.43. The van der Waals surface area contributed by atoms with Gasteiger partial charge in [0.15, 0.2) is 0 Å². The molecule has 0 bridgehead atoms. The number of carbonyl (C=O) groups excluding carboxylic acids is 2. The molecule has 3 rings (SSSR count). The van der Waals surface area contributed by atoms with Crippen LogP contribution in [-0.4, -0.2) is 17.6 Å². The molecule has 0 unspecified atom stereocenters. The normalized spacial score (nSPS) is 10.7. The van der Waals surface area contributed by atoms with Gasteiger partial charge in [-0.15, -0.1) is 11.8 Å². The largest absolute Gasteiger partial charge is 0.464 e. The van der Waals surface area contributed by atoms with Gasteiger partial charge in [0.25, 0.3) is 0 Å². The van der Waals surface area contributed by atoms with E-state index in [9.17, 15) is 9.59 Å². The van der Waals surface area contributed by atoms with E-state index in [0.717, 1.165) is 27.0 Å². The van der Waals surface area contributed by atoms with Crippen LogP contribution in [0.3, 0.4) is 0 Å². The first-order chi connectivity index (χ1) is 12.5. The van der Waals surface area contributed by atoms with Crippen LogP contribution in [0.2, 0.25) is 0 Å². The molecular weight excluding hydrogens is 348 g/mol. The molecule has 0 radical (unpaired) electrons. The van der Waals surface area contributed by atoms with Crippen molar-refractivity contribution in [3.8, 4) is 0 Å². The van der Waals surface area contributed by atoms with Crippen molar-refractivity contribution in [1.82, 2.24) is 10.9 Å². The van der Waals surface area contributed by atoms with Gasteiger partial charge in [-0.05, 0) is 37.6 Å². The lowest BCUT2D eigenvalue weighted by Gasteiger charge is -2.07. The molecule has 0 aliphatic heterocycles. The van der Waals surface area contributed by atoms with Gasteiger partial charge in [-0.3, -0.25) is 20.4 Å². The molecule has 3 aromatic rings. The minimum Gasteiger partial charge on any atom is -0.464 e. The number of fused-ring (bicyclic) bond motifs is 1. The Labute approximate surface area is 156 Å². The molecule has 2 aromatic carbocycles. The minimum atomic E-state index is -0.290. The van der Waals surface area contributed by atoms with Gasteiger partial charge in [-0.1, -0.05) is 29.8 Å². The zero-order chi connectivity index (χ0) is 18.5. The Kier molecular flexibility index (Phi) is 5.63. The predicted molar refractivity (Wildman–Crippen MR) is 103 cm³/mol. The van der Waals surface area contributed by atoms with E-state index in [1.807, 2.05) is 56.3 Å². The van der Waals surface area contributed by atoms with Crippen LogP contribution in [0.15, 0.2) is 58.0 Å². The van der Waals surface area contributed by atoms with Gasteiger partial charge in [0.05, 0.1) is 18.4 Å². The SMILES string of the molecule is Cc1ccc(SCC(=O)NNC(=O)Cc2coc3cc(C)ccc23)cc1. The van der Waals surface area contributed by atoms with Crippen molar-refractivity contribution >= 4 is 34.5 Å². The maximum absolute atomic E-state index is 12.1. The molecular formula is C20H20N2O3S. The van der Waals surface area contributed by atoms with Crippen LogP contribution < -0.4 is 10.9 Å². The number of rotatable bonds is 5. The van der Waals surface area contributed by atoms with Crippen LogP contribution >= 0.6 is 11.8 Å². The minimum absolute atomic E-state index is 0.140. The third kappa shape index (κ3) is 4.67. The quantitative estimate of drug-likeness (QED) is 0.534. The molecule has 2 amide bonds. The second-order valence-corrected chi connectivity index (χ2v) is 7.18. The van der Waals surface area contributed by atoms with E-state index in [0.29, 0.717) is 0 Å². The molecule has 6 heteroatoms. The number of hydrazine groups is 1. The predicted octanol–water partition coefficient (Wildman–Crippen LogP) is 3.53. The van der Waals surface area contributed by atoms with Crippen LogP contribution in [0.5, 0.6) is 0 Å². The van der Waals surface area contributed by atoms with Crippen molar-refractivity contribution < 1.29 is 14.0 Å². The number of hydrogen-bond donors (Lipinski definition) is 2. The van der Waals surface area contributed by atoms with Crippen molar-refractivity contribution in [2.24, 2.45) is 0 Å². The summed E-state index contributed by atoms with van der Waals surface area (Å²) in [6, 6.07) is 13.8. The summed E-state index contributed by atoms with van der Waals surface area (Å²) in [6.07, 6.45) is 1.72. The first-order valence-electron chi connectivity index (χ1n) is 8.25. The summed E-state index contributed by atoms with van der Waals surface area (Å²) >= 11 is 1.42. The molecule has 0 spiro atoms. The summed E-state index contributed by atoms with van der Waals surface area (Å²) in [4.78, 5) is 24.9. The molecule has 0 saturated heterocycles. The second-order valence-electron chi connectivity index (χ2n) is 6.14. The van der Waals surface area contributed by atoms with E-state index in [1.165, 1.54) is 17.3 Å². The highest BCUT2D eigenvalue weighted by molar-refractivity contribution is 8.00. The number of amides is 2. The standard InChI is InChI=1S/C20H20N2O3S/c1-13-3-6-16(7-4-13)26-12-20(24)22-21-19(23)10-15-11-25-18-9-14(2)5-8-17(15)18/h3-9,11H,10,12H2,1-2H3,(H,21,23)(H,22,24). The molecule has 5 nitrogen and oxygen atoms in total. The third-order valence-electron chi connectivity index (χ3n) is 3.89. The molecule has 134 valence electrons. The van der Waals surface area contributed by atoms with Crippen molar-refractivity contribution in [3.63, 3.8) is 0 Å². The molecule has 1 heterocycles. The van der Waals surface area contributed by atoms with Crippen LogP contribution in [-0.2, 0) is 16.0 Å². The van der Waals surface area contributed by atoms with Gasteiger partial charge in [0, 0.05) is 15.8 Å². The summed E-state index contributed by atoms with van der Waals surface area (Å²) in [6.45, 7) is 4.00. The maximum atomic E-state index is 12.1. The number of hydrogen-bond acceptors (Lipinski definition) is 4. The zero-order valence-electron chi connectivity index (χ0n) is 14.7.